The van der Waals surface area contributed by atoms with E-state index >= 15 is 0 Å². The number of methoxy groups -OCH3 is 1. The van der Waals surface area contributed by atoms with Crippen LogP contribution >= 0.6 is 0 Å². The second kappa shape index (κ2) is 5.21. The summed E-state index contributed by atoms with van der Waals surface area (Å²) in [6.45, 7) is 1.54. The van der Waals surface area contributed by atoms with Crippen LogP contribution in [0, 0.1) is 17.2 Å². The van der Waals surface area contributed by atoms with E-state index in [9.17, 15) is 9.90 Å². The summed E-state index contributed by atoms with van der Waals surface area (Å²) in [7, 11) is 1.40. The summed E-state index contributed by atoms with van der Waals surface area (Å²) in [5, 5.41) is 27.4. The van der Waals surface area contributed by atoms with Gasteiger partial charge in [0.05, 0.1) is 18.6 Å². The second-order valence-corrected chi connectivity index (χ2v) is 3.74. The lowest BCUT2D eigenvalue weighted by Crippen LogP contribution is -2.12. The van der Waals surface area contributed by atoms with Crippen LogP contribution in [0.4, 0.5) is 0 Å². The minimum absolute atomic E-state index is 0.0612. The van der Waals surface area contributed by atoms with Crippen LogP contribution in [0.2, 0.25) is 0 Å². The van der Waals surface area contributed by atoms with Crippen molar-refractivity contribution in [3.63, 3.8) is 0 Å². The van der Waals surface area contributed by atoms with Gasteiger partial charge in [0.25, 0.3) is 0 Å². The fraction of sp³-hybridized carbons (Fsp3) is 0.333. The van der Waals surface area contributed by atoms with Gasteiger partial charge in [0, 0.05) is 6.07 Å². The van der Waals surface area contributed by atoms with Crippen molar-refractivity contribution in [1.82, 2.24) is 0 Å². The maximum Gasteiger partial charge on any atom is 0.306 e. The Morgan fingerprint density at radius 1 is 1.59 bits per heavy atom. The lowest BCUT2D eigenvalue weighted by Gasteiger charge is -2.10. The number of carboxylic acids is 1. The fourth-order valence-corrected chi connectivity index (χ4v) is 1.45. The van der Waals surface area contributed by atoms with Crippen LogP contribution in [0.1, 0.15) is 18.1 Å². The highest BCUT2D eigenvalue weighted by Crippen LogP contribution is 2.29. The van der Waals surface area contributed by atoms with Crippen LogP contribution in [0.25, 0.3) is 0 Å². The molecule has 1 aromatic rings. The predicted molar refractivity (Wildman–Crippen MR) is 59.9 cm³/mol. The summed E-state index contributed by atoms with van der Waals surface area (Å²) in [4.78, 5) is 10.7. The smallest absolute Gasteiger partial charge is 0.306 e. The Bertz CT molecular complexity index is 476. The zero-order valence-corrected chi connectivity index (χ0v) is 9.60. The first-order valence-corrected chi connectivity index (χ1v) is 5.02. The third kappa shape index (κ3) is 2.88. The molecule has 0 amide bonds. The number of carbonyl (C=O) groups is 1. The molecule has 0 fully saturated rings. The van der Waals surface area contributed by atoms with Crippen molar-refractivity contribution >= 4 is 5.97 Å². The average molecular weight is 235 g/mol. The molecule has 1 rings (SSSR count). The van der Waals surface area contributed by atoms with E-state index in [1.165, 1.54) is 26.2 Å². The number of aliphatic carboxylic acids is 1. The van der Waals surface area contributed by atoms with E-state index in [2.05, 4.69) is 0 Å². The van der Waals surface area contributed by atoms with Crippen LogP contribution in [-0.4, -0.2) is 23.3 Å². The van der Waals surface area contributed by atoms with Crippen molar-refractivity contribution < 1.29 is 19.7 Å². The van der Waals surface area contributed by atoms with E-state index in [-0.39, 0.29) is 23.5 Å². The van der Waals surface area contributed by atoms with Gasteiger partial charge in [-0.1, -0.05) is 6.92 Å². The number of hydrogen-bond donors (Lipinski definition) is 2. The zero-order valence-electron chi connectivity index (χ0n) is 9.60. The fourth-order valence-electron chi connectivity index (χ4n) is 1.45. The number of benzene rings is 1. The molecule has 0 bridgehead atoms. The maximum atomic E-state index is 10.7. The van der Waals surface area contributed by atoms with Gasteiger partial charge in [-0.25, -0.2) is 0 Å². The molecule has 5 heteroatoms. The Hall–Kier alpha value is -2.22. The van der Waals surface area contributed by atoms with E-state index in [1.807, 2.05) is 6.07 Å². The number of hydrogen-bond acceptors (Lipinski definition) is 4. The molecule has 1 atom stereocenters. The van der Waals surface area contributed by atoms with Crippen molar-refractivity contribution in [3.05, 3.63) is 23.3 Å². The number of aromatic hydroxyl groups is 1. The van der Waals surface area contributed by atoms with Gasteiger partial charge in [-0.3, -0.25) is 4.79 Å². The molecule has 0 aromatic heterocycles. The molecule has 5 nitrogen and oxygen atoms in total. The van der Waals surface area contributed by atoms with E-state index in [1.54, 1.807) is 0 Å². The van der Waals surface area contributed by atoms with Gasteiger partial charge in [-0.05, 0) is 18.1 Å². The average Bonchev–Trinajstić information content (AvgIpc) is 2.30. The van der Waals surface area contributed by atoms with Crippen LogP contribution in [-0.2, 0) is 11.2 Å². The molecule has 0 aliphatic heterocycles. The third-order valence-corrected chi connectivity index (χ3v) is 2.47. The van der Waals surface area contributed by atoms with Crippen molar-refractivity contribution in [1.29, 1.82) is 5.26 Å². The van der Waals surface area contributed by atoms with Gasteiger partial charge in [0.2, 0.25) is 0 Å². The van der Waals surface area contributed by atoms with E-state index in [4.69, 9.17) is 15.1 Å². The van der Waals surface area contributed by atoms with Gasteiger partial charge >= 0.3 is 5.97 Å². The number of ether oxygens (including phenoxy) is 1. The van der Waals surface area contributed by atoms with Crippen LogP contribution < -0.4 is 4.74 Å². The predicted octanol–water partition coefficient (Wildman–Crippen LogP) is 1.54. The van der Waals surface area contributed by atoms with E-state index in [0.29, 0.717) is 5.56 Å². The Morgan fingerprint density at radius 3 is 2.71 bits per heavy atom. The largest absolute Gasteiger partial charge is 0.508 e. The number of nitrogens with zero attached hydrogens (tertiary/aromatic N) is 1. The standard InChI is InChI=1S/C12H13NO4/c1-7(12(15)16)3-8-4-9(6-13)11(17-2)5-10(8)14/h4-5,7,14H,3H2,1-2H3,(H,15,16). The lowest BCUT2D eigenvalue weighted by atomic mass is 9.98. The Morgan fingerprint density at radius 2 is 2.24 bits per heavy atom. The molecule has 0 aliphatic rings. The number of rotatable bonds is 4. The molecule has 0 saturated carbocycles. The van der Waals surface area contributed by atoms with Gasteiger partial charge in [-0.15, -0.1) is 0 Å². The summed E-state index contributed by atoms with van der Waals surface area (Å²) in [5.74, 6) is -1.36. The minimum Gasteiger partial charge on any atom is -0.508 e. The second-order valence-electron chi connectivity index (χ2n) is 3.74. The Balaban J connectivity index is 3.10. The van der Waals surface area contributed by atoms with Gasteiger partial charge < -0.3 is 14.9 Å². The van der Waals surface area contributed by atoms with Crippen molar-refractivity contribution in [3.8, 4) is 17.6 Å². The molecule has 0 saturated heterocycles. The Kier molecular flexibility index (Phi) is 3.94. The van der Waals surface area contributed by atoms with Crippen LogP contribution in [0.5, 0.6) is 11.5 Å². The first kappa shape index (κ1) is 12.8. The molecular weight excluding hydrogens is 222 g/mol. The highest BCUT2D eigenvalue weighted by atomic mass is 16.5. The SMILES string of the molecule is COc1cc(O)c(CC(C)C(=O)O)cc1C#N. The molecule has 0 radical (unpaired) electrons. The first-order chi connectivity index (χ1) is 7.99. The number of phenols is 1. The quantitative estimate of drug-likeness (QED) is 0.825. The summed E-state index contributed by atoms with van der Waals surface area (Å²) in [6.07, 6.45) is 0.167. The number of nitriles is 1. The lowest BCUT2D eigenvalue weighted by molar-refractivity contribution is -0.141. The van der Waals surface area contributed by atoms with Crippen LogP contribution in [0.15, 0.2) is 12.1 Å². The molecule has 0 aliphatic carbocycles. The molecule has 90 valence electrons. The van der Waals surface area contributed by atoms with Gasteiger partial charge in [-0.2, -0.15) is 5.26 Å². The summed E-state index contributed by atoms with van der Waals surface area (Å²) >= 11 is 0. The molecule has 2 N–H and O–H groups in total. The van der Waals surface area contributed by atoms with E-state index < -0.39 is 11.9 Å². The molecular formula is C12H13NO4. The van der Waals surface area contributed by atoms with Crippen molar-refractivity contribution in [2.24, 2.45) is 5.92 Å². The van der Waals surface area contributed by atoms with Gasteiger partial charge in [0.15, 0.2) is 0 Å². The van der Waals surface area contributed by atoms with Crippen molar-refractivity contribution in [2.75, 3.05) is 7.11 Å². The Labute approximate surface area is 98.9 Å². The molecule has 0 spiro atoms. The normalized spacial score (nSPS) is 11.6. The highest BCUT2D eigenvalue weighted by Gasteiger charge is 2.16. The molecule has 1 unspecified atom stereocenters. The molecule has 1 aromatic carbocycles. The minimum atomic E-state index is -0.946. The first-order valence-electron chi connectivity index (χ1n) is 5.02. The summed E-state index contributed by atoms with van der Waals surface area (Å²) in [5.41, 5.74) is 0.704. The van der Waals surface area contributed by atoms with E-state index in [0.717, 1.165) is 0 Å². The summed E-state index contributed by atoms with van der Waals surface area (Å²) < 4.78 is 4.93. The maximum absolute atomic E-state index is 10.7. The summed E-state index contributed by atoms with van der Waals surface area (Å²) in [6, 6.07) is 4.71. The third-order valence-electron chi connectivity index (χ3n) is 2.47. The molecule has 0 heterocycles. The number of phenolic OH excluding ortho intramolecular Hbond substituents is 1. The zero-order chi connectivity index (χ0) is 13.0. The molecule has 17 heavy (non-hydrogen) atoms. The highest BCUT2D eigenvalue weighted by molar-refractivity contribution is 5.70. The van der Waals surface area contributed by atoms with Gasteiger partial charge in [0.1, 0.15) is 17.6 Å². The van der Waals surface area contributed by atoms with Crippen molar-refractivity contribution in [2.45, 2.75) is 13.3 Å². The topological polar surface area (TPSA) is 90.6 Å². The van der Waals surface area contributed by atoms with Crippen LogP contribution in [0.3, 0.4) is 0 Å². The monoisotopic (exact) mass is 235 g/mol. The number of carboxylic acid groups (broad SMARTS) is 1.